The first-order valence-corrected chi connectivity index (χ1v) is 5.98. The molecule has 0 fully saturated rings. The summed E-state index contributed by atoms with van der Waals surface area (Å²) < 4.78 is 65.5. The van der Waals surface area contributed by atoms with E-state index in [1.165, 1.54) is 0 Å². The van der Waals surface area contributed by atoms with Crippen LogP contribution in [-0.4, -0.2) is 16.6 Å². The quantitative estimate of drug-likeness (QED) is 0.454. The van der Waals surface area contributed by atoms with Gasteiger partial charge < -0.3 is 4.74 Å². The highest BCUT2D eigenvalue weighted by molar-refractivity contribution is 9.08. The summed E-state index contributed by atoms with van der Waals surface area (Å²) in [5.74, 6) is -1.12. The van der Waals surface area contributed by atoms with Crippen LogP contribution in [-0.2, 0) is 5.33 Å². The number of nitrogens with zero attached hydrogens (tertiary/aromatic N) is 1. The fraction of sp³-hybridized carbons (Fsp3) is 0.333. The van der Waals surface area contributed by atoms with Crippen molar-refractivity contribution in [2.24, 2.45) is 0 Å². The Morgan fingerprint density at radius 3 is 2.42 bits per heavy atom. The lowest BCUT2D eigenvalue weighted by Crippen LogP contribution is -2.21. The lowest BCUT2D eigenvalue weighted by atomic mass is 10.1. The second-order valence-corrected chi connectivity index (χ2v) is 4.03. The van der Waals surface area contributed by atoms with Gasteiger partial charge in [-0.25, -0.2) is 13.8 Å². The molecule has 10 heteroatoms. The maximum absolute atomic E-state index is 12.6. The van der Waals surface area contributed by atoms with Crippen LogP contribution >= 0.6 is 27.5 Å². The van der Waals surface area contributed by atoms with E-state index in [1.54, 1.807) is 0 Å². The molecule has 1 heterocycles. The van der Waals surface area contributed by atoms with E-state index in [-0.39, 0.29) is 0 Å². The molecule has 0 unspecified atom stereocenters. The molecular weight excluding hydrogens is 364 g/mol. The molecule has 0 aliphatic rings. The molecule has 0 atom stereocenters. The lowest BCUT2D eigenvalue weighted by molar-refractivity contribution is -0.275. The van der Waals surface area contributed by atoms with Crippen LogP contribution in [0.2, 0.25) is 0 Å². The predicted molar refractivity (Wildman–Crippen MR) is 58.7 cm³/mol. The molecule has 1 aromatic heterocycles. The first-order chi connectivity index (χ1) is 8.67. The maximum atomic E-state index is 12.6. The average Bonchev–Trinajstić information content (AvgIpc) is 2.25. The molecule has 106 valence electrons. The van der Waals surface area contributed by atoms with Crippen molar-refractivity contribution in [3.8, 4) is 5.75 Å². The molecule has 1 aromatic rings. The minimum absolute atomic E-state index is 0.391. The van der Waals surface area contributed by atoms with Crippen LogP contribution in [0.4, 0.5) is 22.0 Å². The number of hydrogen-bond donors (Lipinski definition) is 0. The van der Waals surface area contributed by atoms with Gasteiger partial charge in [-0.05, 0) is 11.6 Å². The van der Waals surface area contributed by atoms with Crippen molar-refractivity contribution in [3.05, 3.63) is 23.0 Å². The lowest BCUT2D eigenvalue weighted by Gasteiger charge is -2.16. The Labute approximate surface area is 116 Å². The number of carbonyl (C=O) groups excluding carboxylic acids is 1. The second kappa shape index (κ2) is 6.00. The summed E-state index contributed by atoms with van der Waals surface area (Å²) in [5.41, 5.74) is -2.19. The minimum Gasteiger partial charge on any atom is -0.403 e. The first kappa shape index (κ1) is 16.1. The number of carbonyl (C=O) groups is 1. The summed E-state index contributed by atoms with van der Waals surface area (Å²) in [4.78, 5) is 14.1. The second-order valence-electron chi connectivity index (χ2n) is 3.13. The normalized spacial score (nSPS) is 11.8. The zero-order valence-electron chi connectivity index (χ0n) is 8.77. The van der Waals surface area contributed by atoms with Gasteiger partial charge in [0.2, 0.25) is 0 Å². The Hall–Kier alpha value is -0.960. The van der Waals surface area contributed by atoms with Crippen molar-refractivity contribution < 1.29 is 31.5 Å². The van der Waals surface area contributed by atoms with Crippen LogP contribution in [0.1, 0.15) is 28.0 Å². The third kappa shape index (κ3) is 4.00. The van der Waals surface area contributed by atoms with Gasteiger partial charge in [0.25, 0.3) is 11.7 Å². The molecule has 3 nitrogen and oxygen atoms in total. The predicted octanol–water partition coefficient (Wildman–Crippen LogP) is 4.19. The van der Waals surface area contributed by atoms with E-state index >= 15 is 0 Å². The van der Waals surface area contributed by atoms with Crippen molar-refractivity contribution in [1.29, 1.82) is 0 Å². The smallest absolute Gasteiger partial charge is 0.403 e. The van der Waals surface area contributed by atoms with Crippen LogP contribution in [0, 0.1) is 0 Å². The Kier molecular flexibility index (Phi) is 5.08. The van der Waals surface area contributed by atoms with Gasteiger partial charge in [0, 0.05) is 22.7 Å². The summed E-state index contributed by atoms with van der Waals surface area (Å²) >= 11 is 7.80. The molecule has 1 rings (SSSR count). The van der Waals surface area contributed by atoms with E-state index in [4.69, 9.17) is 11.6 Å². The minimum atomic E-state index is -5.17. The number of pyridine rings is 1. The molecule has 0 saturated carbocycles. The van der Waals surface area contributed by atoms with Gasteiger partial charge in [-0.15, -0.1) is 13.2 Å². The summed E-state index contributed by atoms with van der Waals surface area (Å²) in [7, 11) is 0. The van der Waals surface area contributed by atoms with Crippen molar-refractivity contribution >= 4 is 32.8 Å². The molecule has 0 aliphatic carbocycles. The van der Waals surface area contributed by atoms with Gasteiger partial charge in [-0.1, -0.05) is 15.9 Å². The van der Waals surface area contributed by atoms with E-state index in [0.29, 0.717) is 6.20 Å². The highest BCUT2D eigenvalue weighted by Gasteiger charge is 2.36. The topological polar surface area (TPSA) is 39.2 Å². The largest absolute Gasteiger partial charge is 0.573 e. The first-order valence-electron chi connectivity index (χ1n) is 4.48. The van der Waals surface area contributed by atoms with E-state index in [9.17, 15) is 26.7 Å². The van der Waals surface area contributed by atoms with Crippen molar-refractivity contribution in [2.45, 2.75) is 18.1 Å². The summed E-state index contributed by atoms with van der Waals surface area (Å²) in [6, 6.07) is 0. The van der Waals surface area contributed by atoms with Crippen molar-refractivity contribution in [2.75, 3.05) is 0 Å². The van der Waals surface area contributed by atoms with Gasteiger partial charge in [-0.3, -0.25) is 4.79 Å². The summed E-state index contributed by atoms with van der Waals surface area (Å²) in [5, 5.41) is -1.74. The SMILES string of the molecule is O=C(Cl)c1ncc(C(F)F)c(CBr)c1OC(F)(F)F. The monoisotopic (exact) mass is 367 g/mol. The van der Waals surface area contributed by atoms with E-state index in [0.717, 1.165) is 0 Å². The molecule has 0 bridgehead atoms. The summed E-state index contributed by atoms with van der Waals surface area (Å²) in [6.07, 6.45) is -7.66. The molecule has 0 aliphatic heterocycles. The third-order valence-electron chi connectivity index (χ3n) is 1.94. The highest BCUT2D eigenvalue weighted by Crippen LogP contribution is 2.36. The molecular formula is C9H4BrClF5NO2. The number of alkyl halides is 6. The van der Waals surface area contributed by atoms with Gasteiger partial charge >= 0.3 is 6.36 Å². The zero-order chi connectivity index (χ0) is 14.8. The molecule has 0 radical (unpaired) electrons. The van der Waals surface area contributed by atoms with E-state index in [1.807, 2.05) is 0 Å². The van der Waals surface area contributed by atoms with E-state index in [2.05, 4.69) is 25.7 Å². The van der Waals surface area contributed by atoms with E-state index < -0.39 is 45.9 Å². The van der Waals surface area contributed by atoms with Gasteiger partial charge in [0.05, 0.1) is 0 Å². The highest BCUT2D eigenvalue weighted by atomic mass is 79.9. The van der Waals surface area contributed by atoms with Gasteiger partial charge in [0.1, 0.15) is 0 Å². The van der Waals surface area contributed by atoms with Gasteiger partial charge in [-0.2, -0.15) is 0 Å². The molecule has 0 spiro atoms. The molecule has 19 heavy (non-hydrogen) atoms. The molecule has 0 saturated heterocycles. The number of halogens is 7. The fourth-order valence-corrected chi connectivity index (χ4v) is 1.95. The van der Waals surface area contributed by atoms with Crippen LogP contribution < -0.4 is 4.74 Å². The molecule has 0 aromatic carbocycles. The summed E-state index contributed by atoms with van der Waals surface area (Å²) in [6.45, 7) is 0. The standard InChI is InChI=1S/C9H4BrClF5NO2/c10-1-3-4(8(12)13)2-17-5(7(11)18)6(3)19-9(14,15)16/h2,8H,1H2. The van der Waals surface area contributed by atoms with Crippen LogP contribution in [0.25, 0.3) is 0 Å². The molecule has 0 amide bonds. The van der Waals surface area contributed by atoms with Crippen LogP contribution in [0.3, 0.4) is 0 Å². The van der Waals surface area contributed by atoms with Crippen molar-refractivity contribution in [1.82, 2.24) is 4.98 Å². The Bertz CT molecular complexity index is 494. The molecule has 0 N–H and O–H groups in total. The Balaban J connectivity index is 3.50. The Morgan fingerprint density at radius 2 is 2.05 bits per heavy atom. The number of aromatic nitrogens is 1. The maximum Gasteiger partial charge on any atom is 0.573 e. The zero-order valence-corrected chi connectivity index (χ0v) is 11.1. The van der Waals surface area contributed by atoms with Crippen molar-refractivity contribution in [3.63, 3.8) is 0 Å². The number of rotatable bonds is 4. The van der Waals surface area contributed by atoms with Gasteiger partial charge in [0.15, 0.2) is 11.4 Å². The van der Waals surface area contributed by atoms with Crippen LogP contribution in [0.5, 0.6) is 5.75 Å². The average molecular weight is 368 g/mol. The third-order valence-corrected chi connectivity index (χ3v) is 2.68. The van der Waals surface area contributed by atoms with Crippen LogP contribution in [0.15, 0.2) is 6.20 Å². The number of ether oxygens (including phenoxy) is 1. The fourth-order valence-electron chi connectivity index (χ4n) is 1.24. The number of hydrogen-bond acceptors (Lipinski definition) is 3. The Morgan fingerprint density at radius 1 is 1.47 bits per heavy atom.